The minimum Gasteiger partial charge on any atom is -0.478 e. The van der Waals surface area contributed by atoms with E-state index in [4.69, 9.17) is 15.3 Å². The number of aliphatic hydroxyl groups excluding tert-OH is 1. The minimum absolute atomic E-state index is 0.0510. The maximum absolute atomic E-state index is 10.9. The summed E-state index contributed by atoms with van der Waals surface area (Å²) >= 11 is 0. The second-order valence-electron chi connectivity index (χ2n) is 2.57. The monoisotopic (exact) mass is 204 g/mol. The van der Waals surface area contributed by atoms with E-state index in [0.717, 1.165) is 6.08 Å². The number of aliphatic carboxylic acids is 1. The van der Waals surface area contributed by atoms with E-state index in [0.29, 0.717) is 0 Å². The van der Waals surface area contributed by atoms with Gasteiger partial charge in [-0.3, -0.25) is 0 Å². The summed E-state index contributed by atoms with van der Waals surface area (Å²) in [7, 11) is 0. The van der Waals surface area contributed by atoms with Crippen molar-refractivity contribution in [2.45, 2.75) is 19.6 Å². The van der Waals surface area contributed by atoms with Gasteiger partial charge in [-0.25, -0.2) is 9.59 Å². The third kappa shape index (κ3) is 6.15. The summed E-state index contributed by atoms with van der Waals surface area (Å²) in [5.74, 6) is -2.02. The molecule has 3 N–H and O–H groups in total. The van der Waals surface area contributed by atoms with Crippen LogP contribution in [0.3, 0.4) is 0 Å². The van der Waals surface area contributed by atoms with Crippen molar-refractivity contribution in [2.75, 3.05) is 6.61 Å². The Morgan fingerprint density at radius 2 is 2.00 bits per heavy atom. The lowest BCUT2D eigenvalue weighted by molar-refractivity contribution is -0.142. The van der Waals surface area contributed by atoms with E-state index in [9.17, 15) is 9.59 Å². The first-order valence-corrected chi connectivity index (χ1v) is 3.88. The van der Waals surface area contributed by atoms with Crippen LogP contribution in [0.15, 0.2) is 11.6 Å². The molecule has 0 rings (SSSR count). The molecule has 0 saturated heterocycles. The van der Waals surface area contributed by atoms with Crippen molar-refractivity contribution in [3.8, 4) is 0 Å². The Morgan fingerprint density at radius 3 is 2.43 bits per heavy atom. The second kappa shape index (κ2) is 6.11. The fourth-order valence-corrected chi connectivity index (χ4v) is 0.615. The summed E-state index contributed by atoms with van der Waals surface area (Å²) < 4.78 is 4.52. The van der Waals surface area contributed by atoms with E-state index in [-0.39, 0.29) is 18.6 Å². The maximum atomic E-state index is 10.9. The van der Waals surface area contributed by atoms with Gasteiger partial charge in [0.2, 0.25) is 0 Å². The summed E-state index contributed by atoms with van der Waals surface area (Å²) in [5, 5.41) is 25.1. The molecule has 0 aliphatic rings. The lowest BCUT2D eigenvalue weighted by Gasteiger charge is -2.05. The van der Waals surface area contributed by atoms with Crippen LogP contribution >= 0.6 is 0 Å². The summed E-state index contributed by atoms with van der Waals surface area (Å²) in [4.78, 5) is 21.1. The standard InChI is InChI=1S/C8H12O6/c1-5(4-7(11)12)8(13)14-3-2-6(9)10/h4,6,9-10H,2-3H2,1H3,(H,11,12)/b5-4+. The normalized spacial score (nSPS) is 11.6. The average molecular weight is 204 g/mol. The molecule has 0 fully saturated rings. The molecule has 0 atom stereocenters. The van der Waals surface area contributed by atoms with Gasteiger partial charge in [-0.15, -0.1) is 0 Å². The largest absolute Gasteiger partial charge is 0.478 e. The molecule has 0 amide bonds. The number of carbonyl (C=O) groups is 2. The van der Waals surface area contributed by atoms with E-state index in [1.807, 2.05) is 0 Å². The number of esters is 1. The van der Waals surface area contributed by atoms with Crippen molar-refractivity contribution in [3.63, 3.8) is 0 Å². The maximum Gasteiger partial charge on any atom is 0.333 e. The number of carbonyl (C=O) groups excluding carboxylic acids is 1. The molecule has 0 bridgehead atoms. The first-order valence-electron chi connectivity index (χ1n) is 3.88. The van der Waals surface area contributed by atoms with Crippen molar-refractivity contribution in [1.82, 2.24) is 0 Å². The smallest absolute Gasteiger partial charge is 0.333 e. The molecular weight excluding hydrogens is 192 g/mol. The van der Waals surface area contributed by atoms with Gasteiger partial charge in [0, 0.05) is 18.1 Å². The highest BCUT2D eigenvalue weighted by Gasteiger charge is 2.08. The molecule has 0 aromatic rings. The zero-order chi connectivity index (χ0) is 11.1. The number of ether oxygens (including phenoxy) is 1. The summed E-state index contributed by atoms with van der Waals surface area (Å²) in [6, 6.07) is 0. The molecule has 0 heterocycles. The average Bonchev–Trinajstić information content (AvgIpc) is 2.01. The molecule has 0 radical (unpaired) electrons. The third-order valence-electron chi connectivity index (χ3n) is 1.27. The lowest BCUT2D eigenvalue weighted by Crippen LogP contribution is -2.13. The van der Waals surface area contributed by atoms with Crippen LogP contribution in [-0.4, -0.2) is 40.2 Å². The molecule has 0 spiro atoms. The van der Waals surface area contributed by atoms with Crippen LogP contribution in [0.25, 0.3) is 0 Å². The van der Waals surface area contributed by atoms with E-state index >= 15 is 0 Å². The molecule has 80 valence electrons. The van der Waals surface area contributed by atoms with Crippen LogP contribution in [0.1, 0.15) is 13.3 Å². The number of aliphatic hydroxyl groups is 2. The van der Waals surface area contributed by atoms with Gasteiger partial charge in [-0.05, 0) is 6.92 Å². The van der Waals surface area contributed by atoms with Crippen molar-refractivity contribution in [1.29, 1.82) is 0 Å². The number of hydrogen-bond acceptors (Lipinski definition) is 5. The van der Waals surface area contributed by atoms with Crippen LogP contribution in [0, 0.1) is 0 Å². The van der Waals surface area contributed by atoms with Crippen LogP contribution < -0.4 is 0 Å². The van der Waals surface area contributed by atoms with Gasteiger partial charge < -0.3 is 20.1 Å². The highest BCUT2D eigenvalue weighted by molar-refractivity contribution is 5.95. The van der Waals surface area contributed by atoms with Crippen molar-refractivity contribution < 1.29 is 29.6 Å². The zero-order valence-corrected chi connectivity index (χ0v) is 7.64. The number of hydrogen-bond donors (Lipinski definition) is 3. The van der Waals surface area contributed by atoms with Gasteiger partial charge >= 0.3 is 11.9 Å². The Kier molecular flexibility index (Phi) is 5.50. The van der Waals surface area contributed by atoms with Crippen molar-refractivity contribution >= 4 is 11.9 Å². The molecule has 0 aliphatic carbocycles. The zero-order valence-electron chi connectivity index (χ0n) is 7.64. The van der Waals surface area contributed by atoms with Crippen molar-refractivity contribution in [2.24, 2.45) is 0 Å². The number of carboxylic acids is 1. The Bertz CT molecular complexity index is 242. The Morgan fingerprint density at radius 1 is 1.43 bits per heavy atom. The first kappa shape index (κ1) is 12.6. The Hall–Kier alpha value is -1.40. The minimum atomic E-state index is -1.54. The van der Waals surface area contributed by atoms with E-state index in [2.05, 4.69) is 4.74 Å². The van der Waals surface area contributed by atoms with E-state index in [1.165, 1.54) is 6.92 Å². The molecule has 14 heavy (non-hydrogen) atoms. The highest BCUT2D eigenvalue weighted by Crippen LogP contribution is 1.98. The fraction of sp³-hybridized carbons (Fsp3) is 0.500. The molecular formula is C8H12O6. The van der Waals surface area contributed by atoms with Gasteiger partial charge in [0.15, 0.2) is 6.29 Å². The first-order chi connectivity index (χ1) is 6.43. The molecule has 6 nitrogen and oxygen atoms in total. The predicted octanol–water partition coefficient (Wildman–Crippen LogP) is -0.739. The van der Waals surface area contributed by atoms with Crippen LogP contribution in [0.4, 0.5) is 0 Å². The van der Waals surface area contributed by atoms with Crippen molar-refractivity contribution in [3.05, 3.63) is 11.6 Å². The van der Waals surface area contributed by atoms with Crippen LogP contribution in [0.2, 0.25) is 0 Å². The number of rotatable bonds is 5. The van der Waals surface area contributed by atoms with Gasteiger partial charge in [0.25, 0.3) is 0 Å². The molecule has 0 unspecified atom stereocenters. The van der Waals surface area contributed by atoms with Gasteiger partial charge in [-0.1, -0.05) is 0 Å². The Labute approximate surface area is 80.4 Å². The predicted molar refractivity (Wildman–Crippen MR) is 45.2 cm³/mol. The topological polar surface area (TPSA) is 104 Å². The quantitative estimate of drug-likeness (QED) is 0.309. The molecule has 6 heteroatoms. The fourth-order valence-electron chi connectivity index (χ4n) is 0.615. The summed E-state index contributed by atoms with van der Waals surface area (Å²) in [6.07, 6.45) is -0.921. The van der Waals surface area contributed by atoms with E-state index in [1.54, 1.807) is 0 Å². The highest BCUT2D eigenvalue weighted by atomic mass is 16.5. The van der Waals surface area contributed by atoms with E-state index < -0.39 is 18.2 Å². The molecule has 0 saturated carbocycles. The Balaban J connectivity index is 3.91. The SMILES string of the molecule is C/C(=C\C(=O)O)C(=O)OCCC(O)O. The third-order valence-corrected chi connectivity index (χ3v) is 1.27. The van der Waals surface area contributed by atoms with Gasteiger partial charge in [0.05, 0.1) is 6.61 Å². The lowest BCUT2D eigenvalue weighted by atomic mass is 10.3. The summed E-state index contributed by atoms with van der Waals surface area (Å²) in [6.45, 7) is 1.13. The second-order valence-corrected chi connectivity index (χ2v) is 2.57. The van der Waals surface area contributed by atoms with Gasteiger partial charge in [0.1, 0.15) is 0 Å². The van der Waals surface area contributed by atoms with Gasteiger partial charge in [-0.2, -0.15) is 0 Å². The molecule has 0 aliphatic heterocycles. The van der Waals surface area contributed by atoms with Crippen LogP contribution in [0.5, 0.6) is 0 Å². The molecule has 0 aromatic carbocycles. The molecule has 0 aromatic heterocycles. The van der Waals surface area contributed by atoms with Crippen LogP contribution in [-0.2, 0) is 14.3 Å². The summed E-state index contributed by atoms with van der Waals surface area (Å²) in [5.41, 5.74) is -0.0510. The number of carboxylic acid groups (broad SMARTS) is 1.